The summed E-state index contributed by atoms with van der Waals surface area (Å²) in [5, 5.41) is 19.3. The molecule has 2 aromatic carbocycles. The number of thiophene rings is 1. The van der Waals surface area contributed by atoms with Crippen molar-refractivity contribution in [2.75, 3.05) is 11.4 Å². The average Bonchev–Trinajstić information content (AvgIpc) is 3.47. The average molecular weight is 520 g/mol. The molecule has 1 aliphatic heterocycles. The van der Waals surface area contributed by atoms with Gasteiger partial charge in [-0.3, -0.25) is 4.79 Å². The topological polar surface area (TPSA) is 70.0 Å². The van der Waals surface area contributed by atoms with E-state index in [1.165, 1.54) is 0 Å². The van der Waals surface area contributed by atoms with Gasteiger partial charge in [0.25, 0.3) is 0 Å². The number of carboxylic acids is 1. The third-order valence-electron chi connectivity index (χ3n) is 6.20. The number of aliphatic hydroxyl groups excluding tert-OH is 1. The molecule has 1 unspecified atom stereocenters. The molecule has 0 saturated carbocycles. The number of unbranched alkanes of at least 4 members (excludes halogenated alkanes) is 2. The molecule has 0 bridgehead atoms. The Balaban J connectivity index is 1.38. The number of alkyl halides is 3. The van der Waals surface area contributed by atoms with Crippen LogP contribution in [0.5, 0.6) is 5.75 Å². The highest BCUT2D eigenvalue weighted by atomic mass is 32.1. The van der Waals surface area contributed by atoms with E-state index in [0.717, 1.165) is 30.5 Å². The summed E-state index contributed by atoms with van der Waals surface area (Å²) in [7, 11) is 0. The van der Waals surface area contributed by atoms with Crippen molar-refractivity contribution in [3.8, 4) is 16.9 Å². The fourth-order valence-electron chi connectivity index (χ4n) is 4.45. The minimum Gasteiger partial charge on any atom is -0.488 e. The van der Waals surface area contributed by atoms with E-state index >= 15 is 0 Å². The predicted molar refractivity (Wildman–Crippen MR) is 133 cm³/mol. The number of ether oxygens (including phenoxy) is 1. The number of benzene rings is 2. The van der Waals surface area contributed by atoms with Gasteiger partial charge in [0, 0.05) is 29.1 Å². The van der Waals surface area contributed by atoms with Crippen LogP contribution in [-0.2, 0) is 24.0 Å². The maximum Gasteiger partial charge on any atom is 0.426 e. The Hall–Kier alpha value is -3.04. The van der Waals surface area contributed by atoms with Crippen molar-refractivity contribution in [3.63, 3.8) is 0 Å². The van der Waals surface area contributed by atoms with Gasteiger partial charge in [-0.15, -0.1) is 11.3 Å². The molecule has 1 atom stereocenters. The van der Waals surface area contributed by atoms with Crippen LogP contribution in [0.3, 0.4) is 0 Å². The minimum absolute atomic E-state index is 0.0298. The molecule has 4 rings (SSSR count). The van der Waals surface area contributed by atoms with Crippen LogP contribution >= 0.6 is 11.3 Å². The molecule has 0 spiro atoms. The van der Waals surface area contributed by atoms with Crippen molar-refractivity contribution < 1.29 is 32.9 Å². The number of carboxylic acid groups (broad SMARTS) is 1. The highest BCUT2D eigenvalue weighted by molar-refractivity contribution is 7.12. The predicted octanol–water partition coefficient (Wildman–Crippen LogP) is 6.73. The van der Waals surface area contributed by atoms with Gasteiger partial charge in [0.05, 0.1) is 0 Å². The lowest BCUT2D eigenvalue weighted by molar-refractivity contribution is -0.137. The molecule has 5 nitrogen and oxygen atoms in total. The summed E-state index contributed by atoms with van der Waals surface area (Å²) in [6, 6.07) is 15.6. The van der Waals surface area contributed by atoms with Crippen LogP contribution in [0.4, 0.5) is 18.9 Å². The Labute approximate surface area is 211 Å². The first-order valence-corrected chi connectivity index (χ1v) is 12.7. The highest BCUT2D eigenvalue weighted by Crippen LogP contribution is 2.43. The Morgan fingerprint density at radius 3 is 2.58 bits per heavy atom. The Bertz CT molecular complexity index is 1180. The third kappa shape index (κ3) is 6.39. The minimum atomic E-state index is -4.44. The SMILES string of the molecule is O=C(O)CCCCCC(O)N1CCc2cc(OCc3cc(-c4ccccc4)c(C(F)(F)F)s3)ccc21. The van der Waals surface area contributed by atoms with Gasteiger partial charge in [0.1, 0.15) is 23.5 Å². The van der Waals surface area contributed by atoms with Crippen LogP contribution in [0.25, 0.3) is 11.1 Å². The second-order valence-electron chi connectivity index (χ2n) is 8.82. The summed E-state index contributed by atoms with van der Waals surface area (Å²) in [5.74, 6) is -0.236. The van der Waals surface area contributed by atoms with E-state index in [1.54, 1.807) is 42.5 Å². The zero-order valence-corrected chi connectivity index (χ0v) is 20.4. The zero-order chi connectivity index (χ0) is 25.7. The van der Waals surface area contributed by atoms with Gasteiger partial charge in [0.2, 0.25) is 0 Å². The lowest BCUT2D eigenvalue weighted by Crippen LogP contribution is -2.33. The van der Waals surface area contributed by atoms with Gasteiger partial charge >= 0.3 is 12.1 Å². The van der Waals surface area contributed by atoms with Gasteiger partial charge in [-0.1, -0.05) is 36.8 Å². The molecule has 36 heavy (non-hydrogen) atoms. The van der Waals surface area contributed by atoms with Gasteiger partial charge in [-0.25, -0.2) is 0 Å². The number of aliphatic hydroxyl groups is 1. The van der Waals surface area contributed by atoms with Crippen LogP contribution in [0.2, 0.25) is 0 Å². The summed E-state index contributed by atoms with van der Waals surface area (Å²) < 4.78 is 46.7. The van der Waals surface area contributed by atoms with Gasteiger partial charge in [0.15, 0.2) is 0 Å². The number of hydrogen-bond acceptors (Lipinski definition) is 5. The lowest BCUT2D eigenvalue weighted by Gasteiger charge is -2.26. The van der Waals surface area contributed by atoms with Gasteiger partial charge < -0.3 is 19.8 Å². The molecule has 0 amide bonds. The molecule has 2 heterocycles. The first-order valence-electron chi connectivity index (χ1n) is 11.9. The molecule has 3 aromatic rings. The summed E-state index contributed by atoms with van der Waals surface area (Å²) in [6.07, 6.45) is -1.56. The van der Waals surface area contributed by atoms with Crippen molar-refractivity contribution in [3.05, 3.63) is 69.9 Å². The van der Waals surface area contributed by atoms with Gasteiger partial charge in [-0.05, 0) is 61.1 Å². The third-order valence-corrected chi connectivity index (χ3v) is 7.36. The molecule has 0 saturated heterocycles. The molecular formula is C27H28F3NO4S. The van der Waals surface area contributed by atoms with Gasteiger partial charge in [-0.2, -0.15) is 13.2 Å². The number of carbonyl (C=O) groups is 1. The van der Waals surface area contributed by atoms with Crippen LogP contribution in [0, 0.1) is 0 Å². The summed E-state index contributed by atoms with van der Waals surface area (Å²) >= 11 is 0.699. The fourth-order valence-corrected chi connectivity index (χ4v) is 5.41. The summed E-state index contributed by atoms with van der Waals surface area (Å²) in [5.41, 5.74) is 2.62. The Morgan fingerprint density at radius 2 is 1.86 bits per heavy atom. The van der Waals surface area contributed by atoms with E-state index in [1.807, 2.05) is 17.0 Å². The number of hydrogen-bond donors (Lipinski definition) is 2. The number of rotatable bonds is 11. The summed E-state index contributed by atoms with van der Waals surface area (Å²) in [6.45, 7) is 0.692. The van der Waals surface area contributed by atoms with Crippen molar-refractivity contribution in [2.24, 2.45) is 0 Å². The maximum absolute atomic E-state index is 13.6. The van der Waals surface area contributed by atoms with Crippen LogP contribution in [-0.4, -0.2) is 29.0 Å². The molecule has 192 valence electrons. The second kappa shape index (κ2) is 11.3. The molecule has 0 aliphatic carbocycles. The normalized spacial score (nSPS) is 14.1. The van der Waals surface area contributed by atoms with E-state index in [0.29, 0.717) is 46.9 Å². The van der Waals surface area contributed by atoms with Crippen LogP contribution in [0.1, 0.15) is 47.4 Å². The Kier molecular flexibility index (Phi) is 8.21. The molecule has 0 fully saturated rings. The molecule has 1 aliphatic rings. The van der Waals surface area contributed by atoms with E-state index in [4.69, 9.17) is 9.84 Å². The quantitative estimate of drug-likeness (QED) is 0.275. The highest BCUT2D eigenvalue weighted by Gasteiger charge is 2.36. The van der Waals surface area contributed by atoms with E-state index in [-0.39, 0.29) is 18.6 Å². The molecule has 0 radical (unpaired) electrons. The van der Waals surface area contributed by atoms with Crippen molar-refractivity contribution in [1.29, 1.82) is 0 Å². The second-order valence-corrected chi connectivity index (χ2v) is 9.95. The van der Waals surface area contributed by atoms with E-state index < -0.39 is 23.3 Å². The first kappa shape index (κ1) is 26.0. The van der Waals surface area contributed by atoms with Crippen LogP contribution in [0.15, 0.2) is 54.6 Å². The number of anilines is 1. The number of nitrogens with zero attached hydrogens (tertiary/aromatic N) is 1. The zero-order valence-electron chi connectivity index (χ0n) is 19.6. The largest absolute Gasteiger partial charge is 0.488 e. The standard InChI is InChI=1S/C27H28F3NO4S/c28-27(29,30)26-22(18-7-3-1-4-8-18)16-21(36-26)17-35-20-11-12-23-19(15-20)13-14-31(23)24(32)9-5-2-6-10-25(33)34/h1,3-4,7-8,11-12,15-16,24,32H,2,5-6,9-10,13-14,17H2,(H,33,34). The smallest absolute Gasteiger partial charge is 0.426 e. The molecule has 1 aromatic heterocycles. The number of halogens is 3. The molecular weight excluding hydrogens is 491 g/mol. The molecule has 9 heteroatoms. The maximum atomic E-state index is 13.6. The monoisotopic (exact) mass is 519 g/mol. The van der Waals surface area contributed by atoms with Crippen LogP contribution < -0.4 is 9.64 Å². The van der Waals surface area contributed by atoms with E-state index in [9.17, 15) is 23.1 Å². The fraction of sp³-hybridized carbons (Fsp3) is 0.370. The van der Waals surface area contributed by atoms with Crippen molar-refractivity contribution in [2.45, 2.75) is 57.5 Å². The van der Waals surface area contributed by atoms with E-state index in [2.05, 4.69) is 0 Å². The molecule has 2 N–H and O–H groups in total. The lowest BCUT2D eigenvalue weighted by atomic mass is 10.1. The summed E-state index contributed by atoms with van der Waals surface area (Å²) in [4.78, 5) is 12.4. The first-order chi connectivity index (χ1) is 17.2. The van der Waals surface area contributed by atoms with Crippen molar-refractivity contribution in [1.82, 2.24) is 0 Å². The Morgan fingerprint density at radius 1 is 1.08 bits per heavy atom. The van der Waals surface area contributed by atoms with Crippen molar-refractivity contribution >= 4 is 23.0 Å². The number of aliphatic carboxylic acids is 1. The number of fused-ring (bicyclic) bond motifs is 1.